The standard InChI is InChI=1S/C17H19N5O3/c1-20-15(23)9-14(17(20)25)21-4-6-22(7-5-21)16(24)11-2-3-12-13(8-11)19-10-18-12/h2-3,8,10,14H,4-7,9H2,1H3,(H,18,19). The molecule has 2 aromatic rings. The van der Waals surface area contributed by atoms with E-state index in [2.05, 4.69) is 9.97 Å². The van der Waals surface area contributed by atoms with Gasteiger partial charge >= 0.3 is 0 Å². The zero-order valence-electron chi connectivity index (χ0n) is 13.9. The Morgan fingerprint density at radius 3 is 2.64 bits per heavy atom. The summed E-state index contributed by atoms with van der Waals surface area (Å²) in [6.07, 6.45) is 1.84. The summed E-state index contributed by atoms with van der Waals surface area (Å²) >= 11 is 0. The molecule has 1 unspecified atom stereocenters. The molecule has 0 aliphatic carbocycles. The average Bonchev–Trinajstić information content (AvgIpc) is 3.21. The normalized spacial score (nSPS) is 22.2. The molecule has 2 saturated heterocycles. The first-order chi connectivity index (χ1) is 12.0. The van der Waals surface area contributed by atoms with Crippen molar-refractivity contribution in [3.8, 4) is 0 Å². The molecule has 1 aromatic carbocycles. The van der Waals surface area contributed by atoms with Gasteiger partial charge in [0.2, 0.25) is 11.8 Å². The molecular formula is C17H19N5O3. The summed E-state index contributed by atoms with van der Waals surface area (Å²) in [7, 11) is 1.52. The lowest BCUT2D eigenvalue weighted by molar-refractivity contribution is -0.138. The third-order valence-corrected chi connectivity index (χ3v) is 5.07. The molecule has 25 heavy (non-hydrogen) atoms. The van der Waals surface area contributed by atoms with Gasteiger partial charge < -0.3 is 9.88 Å². The molecule has 4 rings (SSSR count). The highest BCUT2D eigenvalue weighted by Gasteiger charge is 2.40. The molecule has 1 atom stereocenters. The number of fused-ring (bicyclic) bond motifs is 1. The van der Waals surface area contributed by atoms with Crippen LogP contribution >= 0.6 is 0 Å². The second kappa shape index (κ2) is 5.96. The number of likely N-dealkylation sites (tertiary alicyclic amines) is 1. The molecule has 2 aliphatic heterocycles. The van der Waals surface area contributed by atoms with Crippen LogP contribution in [0.25, 0.3) is 11.0 Å². The van der Waals surface area contributed by atoms with Crippen molar-refractivity contribution in [1.82, 2.24) is 24.7 Å². The number of carbonyl (C=O) groups is 3. The largest absolute Gasteiger partial charge is 0.345 e. The Balaban J connectivity index is 1.42. The Kier molecular flexibility index (Phi) is 3.76. The van der Waals surface area contributed by atoms with Crippen molar-refractivity contribution in [2.45, 2.75) is 12.5 Å². The number of benzene rings is 1. The number of amides is 3. The molecule has 3 heterocycles. The lowest BCUT2D eigenvalue weighted by Gasteiger charge is -2.37. The number of rotatable bonds is 2. The molecule has 1 aromatic heterocycles. The molecular weight excluding hydrogens is 322 g/mol. The minimum Gasteiger partial charge on any atom is -0.345 e. The van der Waals surface area contributed by atoms with E-state index in [1.165, 1.54) is 11.9 Å². The van der Waals surface area contributed by atoms with Gasteiger partial charge in [0.05, 0.1) is 29.8 Å². The van der Waals surface area contributed by atoms with E-state index < -0.39 is 0 Å². The molecule has 8 nitrogen and oxygen atoms in total. The number of carbonyl (C=O) groups excluding carboxylic acids is 3. The molecule has 130 valence electrons. The Morgan fingerprint density at radius 1 is 1.20 bits per heavy atom. The number of H-pyrrole nitrogens is 1. The van der Waals surface area contributed by atoms with Gasteiger partial charge in [-0.2, -0.15) is 0 Å². The first kappa shape index (κ1) is 15.8. The van der Waals surface area contributed by atoms with E-state index in [1.807, 2.05) is 17.0 Å². The van der Waals surface area contributed by atoms with Crippen LogP contribution in [0.1, 0.15) is 16.8 Å². The van der Waals surface area contributed by atoms with Crippen LogP contribution < -0.4 is 0 Å². The van der Waals surface area contributed by atoms with Crippen molar-refractivity contribution in [2.75, 3.05) is 33.2 Å². The minimum absolute atomic E-state index is 0.0258. The monoisotopic (exact) mass is 341 g/mol. The molecule has 0 spiro atoms. The van der Waals surface area contributed by atoms with E-state index in [0.29, 0.717) is 31.7 Å². The summed E-state index contributed by atoms with van der Waals surface area (Å²) in [5, 5.41) is 0. The summed E-state index contributed by atoms with van der Waals surface area (Å²) in [6, 6.07) is 5.04. The Hall–Kier alpha value is -2.74. The van der Waals surface area contributed by atoms with Crippen LogP contribution in [0.3, 0.4) is 0 Å². The van der Waals surface area contributed by atoms with E-state index >= 15 is 0 Å². The van der Waals surface area contributed by atoms with E-state index in [-0.39, 0.29) is 30.2 Å². The van der Waals surface area contributed by atoms with Gasteiger partial charge in [-0.25, -0.2) is 4.98 Å². The van der Waals surface area contributed by atoms with Crippen molar-refractivity contribution >= 4 is 28.8 Å². The van der Waals surface area contributed by atoms with Crippen molar-refractivity contribution in [3.05, 3.63) is 30.1 Å². The number of likely N-dealkylation sites (N-methyl/N-ethyl adjacent to an activating group) is 1. The highest BCUT2D eigenvalue weighted by atomic mass is 16.2. The second-order valence-electron chi connectivity index (χ2n) is 6.47. The first-order valence-electron chi connectivity index (χ1n) is 8.31. The number of aromatic amines is 1. The van der Waals surface area contributed by atoms with Gasteiger partial charge in [-0.05, 0) is 18.2 Å². The molecule has 2 aliphatic rings. The highest BCUT2D eigenvalue weighted by molar-refractivity contribution is 6.05. The molecule has 0 radical (unpaired) electrons. The zero-order valence-corrected chi connectivity index (χ0v) is 13.9. The molecule has 0 bridgehead atoms. The summed E-state index contributed by atoms with van der Waals surface area (Å²) in [5.74, 6) is -0.307. The number of aromatic nitrogens is 2. The maximum atomic E-state index is 12.7. The summed E-state index contributed by atoms with van der Waals surface area (Å²) in [5.41, 5.74) is 2.29. The van der Waals surface area contributed by atoms with E-state index in [1.54, 1.807) is 17.3 Å². The number of nitrogens with one attached hydrogen (secondary N) is 1. The van der Waals surface area contributed by atoms with E-state index in [0.717, 1.165) is 11.0 Å². The van der Waals surface area contributed by atoms with E-state index in [9.17, 15) is 14.4 Å². The number of piperazine rings is 1. The van der Waals surface area contributed by atoms with Gasteiger partial charge in [-0.15, -0.1) is 0 Å². The number of imide groups is 1. The highest BCUT2D eigenvalue weighted by Crippen LogP contribution is 2.20. The molecule has 1 N–H and O–H groups in total. The van der Waals surface area contributed by atoms with Crippen LogP contribution in [0.4, 0.5) is 0 Å². The van der Waals surface area contributed by atoms with Gasteiger partial charge in [0, 0.05) is 38.8 Å². The molecule has 8 heteroatoms. The summed E-state index contributed by atoms with van der Waals surface area (Å²) in [6.45, 7) is 2.27. The van der Waals surface area contributed by atoms with Gasteiger partial charge in [-0.3, -0.25) is 24.2 Å². The van der Waals surface area contributed by atoms with Crippen molar-refractivity contribution < 1.29 is 14.4 Å². The fourth-order valence-electron chi connectivity index (χ4n) is 3.51. The lowest BCUT2D eigenvalue weighted by Crippen LogP contribution is -2.53. The van der Waals surface area contributed by atoms with Gasteiger partial charge in [0.15, 0.2) is 0 Å². The lowest BCUT2D eigenvalue weighted by atomic mass is 10.1. The zero-order chi connectivity index (χ0) is 17.6. The minimum atomic E-state index is -0.379. The quantitative estimate of drug-likeness (QED) is 0.781. The third kappa shape index (κ3) is 2.68. The summed E-state index contributed by atoms with van der Waals surface area (Å²) in [4.78, 5) is 48.7. The first-order valence-corrected chi connectivity index (χ1v) is 8.31. The molecule has 2 fully saturated rings. The Bertz CT molecular complexity index is 853. The third-order valence-electron chi connectivity index (χ3n) is 5.07. The number of hydrogen-bond donors (Lipinski definition) is 1. The van der Waals surface area contributed by atoms with Crippen LogP contribution in [-0.2, 0) is 9.59 Å². The SMILES string of the molecule is CN1C(=O)CC(N2CCN(C(=O)c3ccc4nc[nH]c4c3)CC2)C1=O. The predicted molar refractivity (Wildman–Crippen MR) is 89.8 cm³/mol. The van der Waals surface area contributed by atoms with Crippen molar-refractivity contribution in [2.24, 2.45) is 0 Å². The predicted octanol–water partition coefficient (Wildman–Crippen LogP) is 0.0780. The van der Waals surface area contributed by atoms with Crippen molar-refractivity contribution in [1.29, 1.82) is 0 Å². The van der Waals surface area contributed by atoms with Crippen molar-refractivity contribution in [3.63, 3.8) is 0 Å². The summed E-state index contributed by atoms with van der Waals surface area (Å²) < 4.78 is 0. The Labute approximate surface area is 144 Å². The molecule has 3 amide bonds. The van der Waals surface area contributed by atoms with Gasteiger partial charge in [-0.1, -0.05) is 0 Å². The second-order valence-corrected chi connectivity index (χ2v) is 6.47. The Morgan fingerprint density at radius 2 is 1.96 bits per heavy atom. The number of imidazole rings is 1. The topological polar surface area (TPSA) is 89.6 Å². The van der Waals surface area contributed by atoms with Crippen LogP contribution in [-0.4, -0.2) is 81.7 Å². The van der Waals surface area contributed by atoms with Gasteiger partial charge in [0.1, 0.15) is 0 Å². The van der Waals surface area contributed by atoms with Crippen LogP contribution in [0.2, 0.25) is 0 Å². The average molecular weight is 341 g/mol. The van der Waals surface area contributed by atoms with Crippen LogP contribution in [0, 0.1) is 0 Å². The maximum absolute atomic E-state index is 12.7. The smallest absolute Gasteiger partial charge is 0.254 e. The number of hydrogen-bond acceptors (Lipinski definition) is 5. The maximum Gasteiger partial charge on any atom is 0.254 e. The van der Waals surface area contributed by atoms with Crippen LogP contribution in [0.5, 0.6) is 0 Å². The van der Waals surface area contributed by atoms with Crippen LogP contribution in [0.15, 0.2) is 24.5 Å². The van der Waals surface area contributed by atoms with E-state index in [4.69, 9.17) is 0 Å². The fourth-order valence-corrected chi connectivity index (χ4v) is 3.51. The molecule has 0 saturated carbocycles. The fraction of sp³-hybridized carbons (Fsp3) is 0.412. The number of nitrogens with zero attached hydrogens (tertiary/aromatic N) is 4. The van der Waals surface area contributed by atoms with Gasteiger partial charge in [0.25, 0.3) is 5.91 Å².